The van der Waals surface area contributed by atoms with Gasteiger partial charge in [0, 0.05) is 5.54 Å². The Morgan fingerprint density at radius 3 is 2.47 bits per heavy atom. The Morgan fingerprint density at radius 1 is 1.37 bits per heavy atom. The first-order valence-corrected chi connectivity index (χ1v) is 5.92. The summed E-state index contributed by atoms with van der Waals surface area (Å²) < 4.78 is 1.55. The maximum atomic E-state index is 10.7. The minimum atomic E-state index is -0.596. The zero-order valence-electron chi connectivity index (χ0n) is 10.9. The van der Waals surface area contributed by atoms with Gasteiger partial charge in [0.05, 0.1) is 11.0 Å². The van der Waals surface area contributed by atoms with Crippen molar-refractivity contribution in [2.24, 2.45) is 5.73 Å². The molecule has 6 nitrogen and oxygen atoms in total. The van der Waals surface area contributed by atoms with Gasteiger partial charge in [0.1, 0.15) is 12.4 Å². The van der Waals surface area contributed by atoms with Gasteiger partial charge in [-0.05, 0) is 19.4 Å². The Bertz CT molecular complexity index is 572. The van der Waals surface area contributed by atoms with Gasteiger partial charge in [-0.2, -0.15) is 5.10 Å². The first kappa shape index (κ1) is 13.2. The Morgan fingerprint density at radius 2 is 2.00 bits per heavy atom. The topological polar surface area (TPSA) is 87.0 Å². The number of nitrogens with two attached hydrogens (primary N) is 1. The van der Waals surface area contributed by atoms with Crippen molar-refractivity contribution in [1.82, 2.24) is 9.78 Å². The monoisotopic (exact) mass is 260 g/mol. The molecule has 0 spiro atoms. The summed E-state index contributed by atoms with van der Waals surface area (Å²) in [5.74, 6) is 0. The van der Waals surface area contributed by atoms with Crippen LogP contribution in [-0.2, 0) is 0 Å². The van der Waals surface area contributed by atoms with Crippen molar-refractivity contribution >= 4 is 5.69 Å². The molecule has 0 radical (unpaired) electrons. The van der Waals surface area contributed by atoms with E-state index in [9.17, 15) is 10.1 Å². The highest BCUT2D eigenvalue weighted by Gasteiger charge is 2.30. The summed E-state index contributed by atoms with van der Waals surface area (Å²) in [5, 5.41) is 14.8. The number of hydrogen-bond donors (Lipinski definition) is 1. The zero-order chi connectivity index (χ0) is 14.0. The average Bonchev–Trinajstić information content (AvgIpc) is 2.78. The maximum Gasteiger partial charge on any atom is 0.307 e. The molecule has 0 saturated carbocycles. The van der Waals surface area contributed by atoms with E-state index in [1.165, 1.54) is 12.4 Å². The van der Waals surface area contributed by atoms with Crippen LogP contribution in [0.2, 0.25) is 0 Å². The molecule has 1 atom stereocenters. The van der Waals surface area contributed by atoms with Crippen LogP contribution in [-0.4, -0.2) is 20.2 Å². The van der Waals surface area contributed by atoms with Crippen molar-refractivity contribution in [1.29, 1.82) is 0 Å². The molecular formula is C13H16N4O2. The highest BCUT2D eigenvalue weighted by Crippen LogP contribution is 2.28. The van der Waals surface area contributed by atoms with E-state index in [1.807, 2.05) is 44.2 Å². The van der Waals surface area contributed by atoms with E-state index in [2.05, 4.69) is 5.10 Å². The van der Waals surface area contributed by atoms with Crippen LogP contribution in [0.4, 0.5) is 5.69 Å². The van der Waals surface area contributed by atoms with E-state index >= 15 is 0 Å². The molecule has 2 N–H and O–H groups in total. The Labute approximate surface area is 111 Å². The van der Waals surface area contributed by atoms with Gasteiger partial charge in [-0.25, -0.2) is 0 Å². The fourth-order valence-electron chi connectivity index (χ4n) is 2.12. The summed E-state index contributed by atoms with van der Waals surface area (Å²) in [6.07, 6.45) is 2.65. The van der Waals surface area contributed by atoms with Gasteiger partial charge < -0.3 is 5.73 Å². The minimum absolute atomic E-state index is 0.0369. The summed E-state index contributed by atoms with van der Waals surface area (Å²) >= 11 is 0. The van der Waals surface area contributed by atoms with E-state index in [0.717, 1.165) is 5.56 Å². The third-order valence-corrected chi connectivity index (χ3v) is 2.88. The molecule has 6 heteroatoms. The summed E-state index contributed by atoms with van der Waals surface area (Å²) in [5.41, 5.74) is 6.53. The van der Waals surface area contributed by atoms with E-state index in [0.29, 0.717) is 0 Å². The second-order valence-electron chi connectivity index (χ2n) is 5.07. The fourth-order valence-corrected chi connectivity index (χ4v) is 2.12. The highest BCUT2D eigenvalue weighted by molar-refractivity contribution is 5.27. The van der Waals surface area contributed by atoms with Crippen LogP contribution in [0.5, 0.6) is 0 Å². The van der Waals surface area contributed by atoms with Crippen molar-refractivity contribution in [3.8, 4) is 0 Å². The van der Waals surface area contributed by atoms with Crippen LogP contribution in [0.15, 0.2) is 42.7 Å². The van der Waals surface area contributed by atoms with Crippen molar-refractivity contribution in [3.63, 3.8) is 0 Å². The molecule has 2 rings (SSSR count). The molecule has 0 fully saturated rings. The summed E-state index contributed by atoms with van der Waals surface area (Å²) in [6, 6.07) is 9.34. The second kappa shape index (κ2) is 4.81. The highest BCUT2D eigenvalue weighted by atomic mass is 16.6. The predicted molar refractivity (Wildman–Crippen MR) is 71.7 cm³/mol. The lowest BCUT2D eigenvalue weighted by atomic mass is 9.90. The molecule has 0 aliphatic carbocycles. The maximum absolute atomic E-state index is 10.7. The molecule has 19 heavy (non-hydrogen) atoms. The summed E-state index contributed by atoms with van der Waals surface area (Å²) in [4.78, 5) is 10.3. The molecule has 1 aromatic carbocycles. The second-order valence-corrected chi connectivity index (χ2v) is 5.07. The summed E-state index contributed by atoms with van der Waals surface area (Å²) in [6.45, 7) is 3.75. The molecule has 0 amide bonds. The van der Waals surface area contributed by atoms with Gasteiger partial charge in [-0.3, -0.25) is 14.8 Å². The fraction of sp³-hybridized carbons (Fsp3) is 0.308. The smallest absolute Gasteiger partial charge is 0.307 e. The molecule has 1 aromatic heterocycles. The largest absolute Gasteiger partial charge is 0.323 e. The number of aromatic nitrogens is 2. The van der Waals surface area contributed by atoms with Gasteiger partial charge in [0.25, 0.3) is 0 Å². The van der Waals surface area contributed by atoms with Gasteiger partial charge in [-0.15, -0.1) is 0 Å². The minimum Gasteiger partial charge on any atom is -0.323 e. The number of rotatable bonds is 4. The summed E-state index contributed by atoms with van der Waals surface area (Å²) in [7, 11) is 0. The number of nitro groups is 1. The third-order valence-electron chi connectivity index (χ3n) is 2.88. The van der Waals surface area contributed by atoms with Crippen molar-refractivity contribution in [2.75, 3.05) is 0 Å². The molecule has 0 aliphatic rings. The average molecular weight is 260 g/mol. The standard InChI is InChI=1S/C13H16N4O2/c1-13(2,14)12(10-6-4-3-5-7-10)16-9-11(8-15-16)17(18)19/h3-9,12H,14H2,1-2H3. The number of hydrogen-bond acceptors (Lipinski definition) is 4. The van der Waals surface area contributed by atoms with Gasteiger partial charge in [0.15, 0.2) is 0 Å². The normalized spacial score (nSPS) is 13.2. The van der Waals surface area contributed by atoms with Gasteiger partial charge in [-0.1, -0.05) is 30.3 Å². The molecule has 2 aromatic rings. The zero-order valence-corrected chi connectivity index (χ0v) is 10.9. The molecule has 100 valence electrons. The molecule has 0 bridgehead atoms. The Hall–Kier alpha value is -2.21. The van der Waals surface area contributed by atoms with Crippen LogP contribution in [0, 0.1) is 10.1 Å². The van der Waals surface area contributed by atoms with Crippen LogP contribution in [0.1, 0.15) is 25.5 Å². The Kier molecular flexibility index (Phi) is 3.35. The van der Waals surface area contributed by atoms with Crippen LogP contribution in [0.25, 0.3) is 0 Å². The van der Waals surface area contributed by atoms with E-state index in [-0.39, 0.29) is 11.7 Å². The lowest BCUT2D eigenvalue weighted by Crippen LogP contribution is -2.43. The van der Waals surface area contributed by atoms with Gasteiger partial charge >= 0.3 is 5.69 Å². The molecule has 1 unspecified atom stereocenters. The predicted octanol–water partition coefficient (Wildman–Crippen LogP) is 2.12. The first-order chi connectivity index (χ1) is 8.89. The lowest BCUT2D eigenvalue weighted by Gasteiger charge is -2.31. The van der Waals surface area contributed by atoms with Crippen molar-refractivity contribution in [2.45, 2.75) is 25.4 Å². The van der Waals surface area contributed by atoms with E-state index in [4.69, 9.17) is 5.73 Å². The lowest BCUT2D eigenvalue weighted by molar-refractivity contribution is -0.385. The van der Waals surface area contributed by atoms with Crippen LogP contribution < -0.4 is 5.73 Å². The number of nitrogens with zero attached hydrogens (tertiary/aromatic N) is 3. The van der Waals surface area contributed by atoms with Crippen molar-refractivity contribution in [3.05, 3.63) is 58.4 Å². The Balaban J connectivity index is 2.47. The quantitative estimate of drug-likeness (QED) is 0.673. The molecular weight excluding hydrogens is 244 g/mol. The van der Waals surface area contributed by atoms with E-state index in [1.54, 1.807) is 4.68 Å². The first-order valence-electron chi connectivity index (χ1n) is 5.92. The van der Waals surface area contributed by atoms with Crippen LogP contribution >= 0.6 is 0 Å². The van der Waals surface area contributed by atoms with E-state index < -0.39 is 10.5 Å². The third kappa shape index (κ3) is 2.79. The van der Waals surface area contributed by atoms with Crippen molar-refractivity contribution < 1.29 is 4.92 Å². The molecule has 0 aliphatic heterocycles. The molecule has 0 saturated heterocycles. The SMILES string of the molecule is CC(C)(N)C(c1ccccc1)n1cc([N+](=O)[O-])cn1. The van der Waals surface area contributed by atoms with Gasteiger partial charge in [0.2, 0.25) is 0 Å². The molecule has 1 heterocycles. The number of benzene rings is 1. The van der Waals surface area contributed by atoms with Crippen LogP contribution in [0.3, 0.4) is 0 Å².